The van der Waals surface area contributed by atoms with E-state index < -0.39 is 11.7 Å². The van der Waals surface area contributed by atoms with Crippen LogP contribution in [0.25, 0.3) is 0 Å². The van der Waals surface area contributed by atoms with Gasteiger partial charge in [0.05, 0.1) is 16.1 Å². The maximum atomic E-state index is 12.8. The van der Waals surface area contributed by atoms with Crippen LogP contribution in [0.4, 0.5) is 18.9 Å². The molecule has 0 N–H and O–H groups in total. The predicted molar refractivity (Wildman–Crippen MR) is 102 cm³/mol. The second kappa shape index (κ2) is 7.85. The number of piperazine rings is 1. The summed E-state index contributed by atoms with van der Waals surface area (Å²) in [5, 5.41) is -0.217. The lowest BCUT2D eigenvalue weighted by molar-refractivity contribution is -0.137. The molecule has 4 nitrogen and oxygen atoms in total. The number of anilines is 1. The summed E-state index contributed by atoms with van der Waals surface area (Å²) in [6.45, 7) is 1.74. The van der Waals surface area contributed by atoms with Crippen molar-refractivity contribution in [2.24, 2.45) is 0 Å². The number of rotatable bonds is 2. The van der Waals surface area contributed by atoms with Gasteiger partial charge >= 0.3 is 6.18 Å². The van der Waals surface area contributed by atoms with E-state index in [1.807, 2.05) is 4.90 Å². The number of amides is 1. The van der Waals surface area contributed by atoms with Crippen molar-refractivity contribution < 1.29 is 18.0 Å². The zero-order valence-corrected chi connectivity index (χ0v) is 16.8. The molecule has 2 heterocycles. The van der Waals surface area contributed by atoms with Crippen LogP contribution in [0.1, 0.15) is 15.9 Å². The van der Waals surface area contributed by atoms with E-state index in [4.69, 9.17) is 23.2 Å². The normalized spacial score (nSPS) is 15.2. The SMILES string of the molecule is O=C(c1cc(Br)cnc1Cl)N1CCN(c2ccc(C(F)(F)F)c(Cl)c2)CC1. The largest absolute Gasteiger partial charge is 0.417 e. The summed E-state index contributed by atoms with van der Waals surface area (Å²) in [5.74, 6) is -0.237. The van der Waals surface area contributed by atoms with Crippen LogP contribution in [-0.4, -0.2) is 42.0 Å². The van der Waals surface area contributed by atoms with Crippen LogP contribution >= 0.6 is 39.1 Å². The van der Waals surface area contributed by atoms with E-state index >= 15 is 0 Å². The number of carbonyl (C=O) groups excluding carboxylic acids is 1. The maximum Gasteiger partial charge on any atom is 0.417 e. The van der Waals surface area contributed by atoms with Gasteiger partial charge < -0.3 is 9.80 Å². The minimum atomic E-state index is -4.49. The Hall–Kier alpha value is -1.51. The van der Waals surface area contributed by atoms with Crippen LogP contribution in [0.2, 0.25) is 10.2 Å². The second-order valence-corrected chi connectivity index (χ2v) is 7.61. The Labute approximate surface area is 172 Å². The van der Waals surface area contributed by atoms with Gasteiger partial charge in [-0.25, -0.2) is 4.98 Å². The average molecular weight is 483 g/mol. The second-order valence-electron chi connectivity index (χ2n) is 5.93. The lowest BCUT2D eigenvalue weighted by Crippen LogP contribution is -2.48. The fourth-order valence-corrected chi connectivity index (χ4v) is 3.64. The Morgan fingerprint density at radius 2 is 1.78 bits per heavy atom. The molecule has 1 amide bonds. The summed E-state index contributed by atoms with van der Waals surface area (Å²) in [7, 11) is 0. The van der Waals surface area contributed by atoms with Crippen molar-refractivity contribution in [1.82, 2.24) is 9.88 Å². The number of alkyl halides is 3. The standard InChI is InChI=1S/C17H13BrCl2F3N3O/c18-10-7-12(15(20)24-9-10)16(27)26-5-3-25(4-6-26)11-1-2-13(14(19)8-11)17(21,22)23/h1-2,7-9H,3-6H2. The third-order valence-electron chi connectivity index (χ3n) is 4.23. The molecule has 0 unspecified atom stereocenters. The van der Waals surface area contributed by atoms with Gasteiger partial charge in [0.2, 0.25) is 0 Å². The van der Waals surface area contributed by atoms with E-state index in [-0.39, 0.29) is 16.1 Å². The van der Waals surface area contributed by atoms with Crippen LogP contribution in [0.5, 0.6) is 0 Å². The number of aromatic nitrogens is 1. The van der Waals surface area contributed by atoms with Gasteiger partial charge in [0.1, 0.15) is 5.15 Å². The molecular formula is C17H13BrCl2F3N3O. The van der Waals surface area contributed by atoms with E-state index in [0.29, 0.717) is 41.9 Å². The topological polar surface area (TPSA) is 36.4 Å². The van der Waals surface area contributed by atoms with Crippen LogP contribution in [-0.2, 0) is 6.18 Å². The van der Waals surface area contributed by atoms with E-state index in [2.05, 4.69) is 20.9 Å². The molecular weight excluding hydrogens is 470 g/mol. The van der Waals surface area contributed by atoms with Crippen molar-refractivity contribution in [3.05, 3.63) is 56.2 Å². The van der Waals surface area contributed by atoms with Gasteiger partial charge in [-0.05, 0) is 40.2 Å². The average Bonchev–Trinajstić information content (AvgIpc) is 2.62. The maximum absolute atomic E-state index is 12.8. The van der Waals surface area contributed by atoms with Crippen molar-refractivity contribution in [3.63, 3.8) is 0 Å². The Morgan fingerprint density at radius 3 is 2.37 bits per heavy atom. The highest BCUT2D eigenvalue weighted by atomic mass is 79.9. The fraction of sp³-hybridized carbons (Fsp3) is 0.294. The monoisotopic (exact) mass is 481 g/mol. The minimum absolute atomic E-state index is 0.125. The third-order valence-corrected chi connectivity index (χ3v) is 5.27. The Morgan fingerprint density at radius 1 is 1.11 bits per heavy atom. The van der Waals surface area contributed by atoms with Crippen molar-refractivity contribution in [2.75, 3.05) is 31.1 Å². The van der Waals surface area contributed by atoms with E-state index in [1.54, 1.807) is 11.0 Å². The first-order chi connectivity index (χ1) is 12.7. The first-order valence-corrected chi connectivity index (χ1v) is 9.43. The van der Waals surface area contributed by atoms with Gasteiger partial charge in [-0.3, -0.25) is 4.79 Å². The van der Waals surface area contributed by atoms with Gasteiger partial charge in [-0.2, -0.15) is 13.2 Å². The quantitative estimate of drug-likeness (QED) is 0.556. The number of carbonyl (C=O) groups is 1. The molecule has 1 saturated heterocycles. The number of hydrogen-bond acceptors (Lipinski definition) is 3. The summed E-state index contributed by atoms with van der Waals surface area (Å²) in [4.78, 5) is 20.1. The highest BCUT2D eigenvalue weighted by molar-refractivity contribution is 9.10. The molecule has 27 heavy (non-hydrogen) atoms. The highest BCUT2D eigenvalue weighted by Crippen LogP contribution is 2.36. The lowest BCUT2D eigenvalue weighted by atomic mass is 10.1. The van der Waals surface area contributed by atoms with Gasteiger partial charge in [-0.15, -0.1) is 0 Å². The van der Waals surface area contributed by atoms with Gasteiger partial charge in [-0.1, -0.05) is 23.2 Å². The lowest BCUT2D eigenvalue weighted by Gasteiger charge is -2.36. The number of hydrogen-bond donors (Lipinski definition) is 0. The number of pyridine rings is 1. The molecule has 0 atom stereocenters. The van der Waals surface area contributed by atoms with E-state index in [1.165, 1.54) is 18.3 Å². The van der Waals surface area contributed by atoms with Crippen molar-refractivity contribution in [3.8, 4) is 0 Å². The summed E-state index contributed by atoms with van der Waals surface area (Å²) in [6.07, 6.45) is -2.98. The Kier molecular flexibility index (Phi) is 5.88. The molecule has 1 aromatic heterocycles. The molecule has 0 spiro atoms. The van der Waals surface area contributed by atoms with Gasteiger partial charge in [0, 0.05) is 42.5 Å². The van der Waals surface area contributed by atoms with Crippen molar-refractivity contribution >= 4 is 50.7 Å². The molecule has 0 aliphatic carbocycles. The fourth-order valence-electron chi connectivity index (χ4n) is 2.84. The molecule has 0 saturated carbocycles. The number of nitrogens with zero attached hydrogens (tertiary/aromatic N) is 3. The molecule has 2 aromatic rings. The van der Waals surface area contributed by atoms with Gasteiger partial charge in [0.15, 0.2) is 0 Å². The number of halogens is 6. The van der Waals surface area contributed by atoms with Gasteiger partial charge in [0.25, 0.3) is 5.91 Å². The summed E-state index contributed by atoms with van der Waals surface area (Å²) < 4.78 is 39.1. The molecule has 1 fully saturated rings. The molecule has 3 rings (SSSR count). The Bertz CT molecular complexity index is 871. The summed E-state index contributed by atoms with van der Waals surface area (Å²) >= 11 is 15.1. The third kappa shape index (κ3) is 4.50. The zero-order chi connectivity index (χ0) is 19.8. The Balaban J connectivity index is 1.69. The summed E-state index contributed by atoms with van der Waals surface area (Å²) in [6, 6.07) is 5.28. The minimum Gasteiger partial charge on any atom is -0.368 e. The van der Waals surface area contributed by atoms with E-state index in [9.17, 15) is 18.0 Å². The van der Waals surface area contributed by atoms with Crippen molar-refractivity contribution in [1.29, 1.82) is 0 Å². The number of benzene rings is 1. The molecule has 10 heteroatoms. The van der Waals surface area contributed by atoms with Crippen LogP contribution in [0.15, 0.2) is 34.9 Å². The van der Waals surface area contributed by atoms with Crippen LogP contribution in [0, 0.1) is 0 Å². The predicted octanol–water partition coefficient (Wildman–Crippen LogP) is 5.13. The van der Waals surface area contributed by atoms with Crippen molar-refractivity contribution in [2.45, 2.75) is 6.18 Å². The summed E-state index contributed by atoms with van der Waals surface area (Å²) in [5.41, 5.74) is 0.0258. The molecule has 0 radical (unpaired) electrons. The molecule has 144 valence electrons. The molecule has 1 aliphatic rings. The van der Waals surface area contributed by atoms with Crippen LogP contribution in [0.3, 0.4) is 0 Å². The zero-order valence-electron chi connectivity index (χ0n) is 13.7. The first kappa shape index (κ1) is 20.2. The smallest absolute Gasteiger partial charge is 0.368 e. The van der Waals surface area contributed by atoms with E-state index in [0.717, 1.165) is 6.07 Å². The molecule has 0 bridgehead atoms. The molecule has 1 aromatic carbocycles. The highest BCUT2D eigenvalue weighted by Gasteiger charge is 2.33. The van der Waals surface area contributed by atoms with Crippen LogP contribution < -0.4 is 4.90 Å². The first-order valence-electron chi connectivity index (χ1n) is 7.89. The molecule has 1 aliphatic heterocycles.